The van der Waals surface area contributed by atoms with Crippen molar-refractivity contribution in [3.8, 4) is 0 Å². The molecule has 0 saturated heterocycles. The van der Waals surface area contributed by atoms with Crippen LogP contribution in [0, 0.1) is 5.41 Å². The number of fused-ring (bicyclic) bond motifs is 1. The zero-order valence-electron chi connectivity index (χ0n) is 11.6. The lowest BCUT2D eigenvalue weighted by molar-refractivity contribution is 0.248. The Hall–Kier alpha value is -1.68. The normalized spacial score (nSPS) is 11.7. The second-order valence-electron chi connectivity index (χ2n) is 5.59. The van der Waals surface area contributed by atoms with E-state index in [4.69, 9.17) is 5.11 Å². The fourth-order valence-electron chi connectivity index (χ4n) is 2.02. The van der Waals surface area contributed by atoms with Gasteiger partial charge in [-0.1, -0.05) is 26.0 Å². The Labute approximate surface area is 113 Å². The molecule has 0 unspecified atom stereocenters. The van der Waals surface area contributed by atoms with Crippen molar-refractivity contribution in [2.45, 2.75) is 26.7 Å². The van der Waals surface area contributed by atoms with E-state index in [1.165, 1.54) is 0 Å². The van der Waals surface area contributed by atoms with Crippen LogP contribution in [0.3, 0.4) is 0 Å². The highest BCUT2D eigenvalue weighted by atomic mass is 16.2. The van der Waals surface area contributed by atoms with E-state index in [1.807, 2.05) is 24.3 Å². The van der Waals surface area contributed by atoms with Gasteiger partial charge >= 0.3 is 0 Å². The van der Waals surface area contributed by atoms with Crippen LogP contribution in [-0.4, -0.2) is 28.2 Å². The summed E-state index contributed by atoms with van der Waals surface area (Å²) >= 11 is 0. The Bertz CT molecular complexity index is 540. The number of aliphatic hydroxyl groups is 1. The summed E-state index contributed by atoms with van der Waals surface area (Å²) in [5.41, 5.74) is 1.95. The molecule has 0 aliphatic heterocycles. The standard InChI is InChI=1S/C15H21N3O/c1-15(2,8-5-9-19)11-17-14-10-16-12-6-3-4-7-13(12)18-14/h3-4,6-7,10,19H,5,8-9,11H2,1-2H3,(H,17,18). The third kappa shape index (κ3) is 3.89. The number of para-hydroxylation sites is 2. The molecule has 4 nitrogen and oxygen atoms in total. The SMILES string of the molecule is CC(C)(CCCO)CNc1cnc2ccccc2n1. The van der Waals surface area contributed by atoms with Crippen molar-refractivity contribution < 1.29 is 5.11 Å². The summed E-state index contributed by atoms with van der Waals surface area (Å²) in [6, 6.07) is 7.84. The molecule has 0 atom stereocenters. The van der Waals surface area contributed by atoms with Crippen molar-refractivity contribution in [2.75, 3.05) is 18.5 Å². The molecule has 0 fully saturated rings. The summed E-state index contributed by atoms with van der Waals surface area (Å²) in [5.74, 6) is 0.802. The highest BCUT2D eigenvalue weighted by molar-refractivity contribution is 5.75. The third-order valence-electron chi connectivity index (χ3n) is 3.21. The monoisotopic (exact) mass is 259 g/mol. The Kier molecular flexibility index (Phi) is 4.32. The van der Waals surface area contributed by atoms with Gasteiger partial charge in [0.1, 0.15) is 5.82 Å². The van der Waals surface area contributed by atoms with Crippen LogP contribution in [-0.2, 0) is 0 Å². The topological polar surface area (TPSA) is 58.0 Å². The molecule has 1 heterocycles. The lowest BCUT2D eigenvalue weighted by Gasteiger charge is -2.24. The highest BCUT2D eigenvalue weighted by Gasteiger charge is 2.17. The quantitative estimate of drug-likeness (QED) is 0.837. The molecule has 102 valence electrons. The van der Waals surface area contributed by atoms with Crippen LogP contribution in [0.15, 0.2) is 30.5 Å². The van der Waals surface area contributed by atoms with Gasteiger partial charge in [-0.05, 0) is 30.4 Å². The zero-order chi connectivity index (χ0) is 13.7. The molecule has 2 N–H and O–H groups in total. The number of anilines is 1. The van der Waals surface area contributed by atoms with Crippen LogP contribution in [0.1, 0.15) is 26.7 Å². The van der Waals surface area contributed by atoms with Crippen molar-refractivity contribution in [1.82, 2.24) is 9.97 Å². The smallest absolute Gasteiger partial charge is 0.145 e. The van der Waals surface area contributed by atoms with Crippen LogP contribution < -0.4 is 5.32 Å². The number of hydrogen-bond acceptors (Lipinski definition) is 4. The second-order valence-corrected chi connectivity index (χ2v) is 5.59. The molecule has 0 aliphatic carbocycles. The van der Waals surface area contributed by atoms with E-state index >= 15 is 0 Å². The molecule has 0 spiro atoms. The number of rotatable bonds is 6. The number of hydrogen-bond donors (Lipinski definition) is 2. The van der Waals surface area contributed by atoms with E-state index in [0.29, 0.717) is 0 Å². The molecule has 1 aromatic heterocycles. The maximum Gasteiger partial charge on any atom is 0.145 e. The van der Waals surface area contributed by atoms with Crippen molar-refractivity contribution in [3.05, 3.63) is 30.5 Å². The predicted octanol–water partition coefficient (Wildman–Crippen LogP) is 2.84. The molecule has 0 amide bonds. The van der Waals surface area contributed by atoms with E-state index < -0.39 is 0 Å². The van der Waals surface area contributed by atoms with Gasteiger partial charge in [0.2, 0.25) is 0 Å². The minimum absolute atomic E-state index is 0.135. The molecule has 0 saturated carbocycles. The lowest BCUT2D eigenvalue weighted by Crippen LogP contribution is -2.23. The van der Waals surface area contributed by atoms with Crippen LogP contribution >= 0.6 is 0 Å². The van der Waals surface area contributed by atoms with Crippen LogP contribution in [0.2, 0.25) is 0 Å². The van der Waals surface area contributed by atoms with E-state index in [2.05, 4.69) is 29.1 Å². The van der Waals surface area contributed by atoms with Gasteiger partial charge in [0.05, 0.1) is 17.2 Å². The molecule has 4 heteroatoms. The van der Waals surface area contributed by atoms with E-state index in [9.17, 15) is 0 Å². The highest BCUT2D eigenvalue weighted by Crippen LogP contribution is 2.22. The Balaban J connectivity index is 2.01. The van der Waals surface area contributed by atoms with Crippen molar-refractivity contribution in [1.29, 1.82) is 0 Å². The molecule has 19 heavy (non-hydrogen) atoms. The average Bonchev–Trinajstić information content (AvgIpc) is 2.43. The minimum Gasteiger partial charge on any atom is -0.396 e. The Morgan fingerprint density at radius 1 is 1.21 bits per heavy atom. The van der Waals surface area contributed by atoms with Gasteiger partial charge < -0.3 is 10.4 Å². The summed E-state index contributed by atoms with van der Waals surface area (Å²) in [6.45, 7) is 5.44. The molecule has 0 aliphatic rings. The minimum atomic E-state index is 0.135. The zero-order valence-corrected chi connectivity index (χ0v) is 11.6. The van der Waals surface area contributed by atoms with Crippen LogP contribution in [0.25, 0.3) is 11.0 Å². The van der Waals surface area contributed by atoms with Gasteiger partial charge in [-0.15, -0.1) is 0 Å². The molecule has 0 radical (unpaired) electrons. The largest absolute Gasteiger partial charge is 0.396 e. The van der Waals surface area contributed by atoms with Crippen molar-refractivity contribution in [3.63, 3.8) is 0 Å². The van der Waals surface area contributed by atoms with Gasteiger partial charge in [-0.3, -0.25) is 4.98 Å². The molecule has 0 bridgehead atoms. The number of nitrogens with zero attached hydrogens (tertiary/aromatic N) is 2. The average molecular weight is 259 g/mol. The fourth-order valence-corrected chi connectivity index (χ4v) is 2.02. The molecule has 2 aromatic rings. The first-order valence-corrected chi connectivity index (χ1v) is 6.67. The van der Waals surface area contributed by atoms with E-state index in [-0.39, 0.29) is 12.0 Å². The lowest BCUT2D eigenvalue weighted by atomic mass is 9.88. The summed E-state index contributed by atoms with van der Waals surface area (Å²) < 4.78 is 0. The number of benzene rings is 1. The van der Waals surface area contributed by atoms with Gasteiger partial charge in [-0.25, -0.2) is 4.98 Å². The van der Waals surface area contributed by atoms with Gasteiger partial charge in [-0.2, -0.15) is 0 Å². The third-order valence-corrected chi connectivity index (χ3v) is 3.21. The van der Waals surface area contributed by atoms with Gasteiger partial charge in [0, 0.05) is 13.2 Å². The maximum atomic E-state index is 8.89. The Morgan fingerprint density at radius 3 is 2.68 bits per heavy atom. The fraction of sp³-hybridized carbons (Fsp3) is 0.467. The summed E-state index contributed by atoms with van der Waals surface area (Å²) in [7, 11) is 0. The van der Waals surface area contributed by atoms with Gasteiger partial charge in [0.15, 0.2) is 0 Å². The second kappa shape index (κ2) is 5.97. The summed E-state index contributed by atoms with van der Waals surface area (Å²) in [6.07, 6.45) is 3.58. The Morgan fingerprint density at radius 2 is 1.95 bits per heavy atom. The number of aromatic nitrogens is 2. The predicted molar refractivity (Wildman–Crippen MR) is 78.1 cm³/mol. The summed E-state index contributed by atoms with van der Waals surface area (Å²) in [5, 5.41) is 12.2. The maximum absolute atomic E-state index is 8.89. The molecular formula is C15H21N3O. The van der Waals surface area contributed by atoms with Crippen molar-refractivity contribution in [2.24, 2.45) is 5.41 Å². The van der Waals surface area contributed by atoms with E-state index in [1.54, 1.807) is 6.20 Å². The number of nitrogens with one attached hydrogen (secondary N) is 1. The summed E-state index contributed by atoms with van der Waals surface area (Å²) in [4.78, 5) is 8.91. The van der Waals surface area contributed by atoms with Crippen molar-refractivity contribution >= 4 is 16.9 Å². The first kappa shape index (κ1) is 13.7. The number of aliphatic hydroxyl groups excluding tert-OH is 1. The molecule has 2 rings (SSSR count). The van der Waals surface area contributed by atoms with E-state index in [0.717, 1.165) is 36.2 Å². The van der Waals surface area contributed by atoms with Crippen LogP contribution in [0.5, 0.6) is 0 Å². The molecule has 1 aromatic carbocycles. The molecular weight excluding hydrogens is 238 g/mol. The first-order valence-electron chi connectivity index (χ1n) is 6.67. The van der Waals surface area contributed by atoms with Gasteiger partial charge in [0.25, 0.3) is 0 Å². The van der Waals surface area contributed by atoms with Crippen LogP contribution in [0.4, 0.5) is 5.82 Å². The first-order chi connectivity index (χ1) is 9.11.